The van der Waals surface area contributed by atoms with Crippen LogP contribution in [-0.4, -0.2) is 21.7 Å². The average Bonchev–Trinajstić information content (AvgIpc) is 2.69. The lowest BCUT2D eigenvalue weighted by Crippen LogP contribution is -1.87. The maximum atomic E-state index is 4.37. The maximum absolute atomic E-state index is 4.37. The van der Waals surface area contributed by atoms with E-state index in [4.69, 9.17) is 0 Å². The van der Waals surface area contributed by atoms with E-state index < -0.39 is 0 Å². The normalized spacial score (nSPS) is 15.8. The van der Waals surface area contributed by atoms with Crippen LogP contribution >= 0.6 is 23.5 Å². The second-order valence-electron chi connectivity index (χ2n) is 2.61. The summed E-state index contributed by atoms with van der Waals surface area (Å²) in [6.45, 7) is 0.981. The van der Waals surface area contributed by atoms with Gasteiger partial charge >= 0.3 is 0 Å². The summed E-state index contributed by atoms with van der Waals surface area (Å²) in [5.74, 6) is 2.08. The van der Waals surface area contributed by atoms with Gasteiger partial charge in [0.2, 0.25) is 0 Å². The monoisotopic (exact) mass is 210 g/mol. The number of hydrogen-bond acceptors (Lipinski definition) is 4. The van der Waals surface area contributed by atoms with Crippen LogP contribution in [0.1, 0.15) is 5.69 Å². The van der Waals surface area contributed by atoms with E-state index in [0.29, 0.717) is 0 Å². The second kappa shape index (κ2) is 4.67. The fourth-order valence-electron chi connectivity index (χ4n) is 1.02. The Morgan fingerprint density at radius 3 is 3.15 bits per heavy atom. The van der Waals surface area contributed by atoms with E-state index in [9.17, 15) is 0 Å². The van der Waals surface area contributed by atoms with Crippen LogP contribution in [0.25, 0.3) is 0 Å². The first-order valence-corrected chi connectivity index (χ1v) is 6.12. The van der Waals surface area contributed by atoms with Gasteiger partial charge in [0.1, 0.15) is 4.38 Å². The minimum Gasteiger partial charge on any atom is -0.271 e. The summed E-state index contributed by atoms with van der Waals surface area (Å²) in [5, 5.41) is 0. The third-order valence-corrected chi connectivity index (χ3v) is 3.91. The highest BCUT2D eigenvalue weighted by Crippen LogP contribution is 2.24. The van der Waals surface area contributed by atoms with E-state index in [1.807, 2.05) is 36.2 Å². The molecule has 1 aromatic heterocycles. The maximum Gasteiger partial charge on any atom is 0.125 e. The first-order chi connectivity index (χ1) is 6.45. The molecule has 0 saturated heterocycles. The molecule has 2 heterocycles. The Balaban J connectivity index is 1.86. The van der Waals surface area contributed by atoms with Crippen LogP contribution in [-0.2, 0) is 5.75 Å². The molecule has 1 aliphatic rings. The van der Waals surface area contributed by atoms with Gasteiger partial charge < -0.3 is 0 Å². The average molecular weight is 210 g/mol. The Bertz CT molecular complexity index is 298. The molecule has 0 unspecified atom stereocenters. The lowest BCUT2D eigenvalue weighted by atomic mass is 10.4. The standard InChI is InChI=1S/C9H10N2S2/c1-2-4-10-8(3-1)7-13-9-11-5-6-12-9/h1-4H,5-7H2. The zero-order valence-corrected chi connectivity index (χ0v) is 8.77. The van der Waals surface area contributed by atoms with E-state index in [1.54, 1.807) is 11.8 Å². The third kappa shape index (κ3) is 2.74. The third-order valence-electron chi connectivity index (χ3n) is 1.63. The lowest BCUT2D eigenvalue weighted by molar-refractivity contribution is 1.17. The van der Waals surface area contributed by atoms with Crippen LogP contribution in [0.4, 0.5) is 0 Å². The largest absolute Gasteiger partial charge is 0.271 e. The van der Waals surface area contributed by atoms with Crippen molar-refractivity contribution in [3.63, 3.8) is 0 Å². The molecule has 2 nitrogen and oxygen atoms in total. The fraction of sp³-hybridized carbons (Fsp3) is 0.333. The fourth-order valence-corrected chi connectivity index (χ4v) is 2.95. The highest BCUT2D eigenvalue weighted by molar-refractivity contribution is 8.38. The predicted molar refractivity (Wildman–Crippen MR) is 60.3 cm³/mol. The first-order valence-electron chi connectivity index (χ1n) is 4.15. The van der Waals surface area contributed by atoms with E-state index in [0.717, 1.165) is 23.7 Å². The molecule has 0 aliphatic carbocycles. The number of aliphatic imine (C=N–C) groups is 1. The minimum absolute atomic E-state index is 0.937. The SMILES string of the molecule is c1ccc(CSC2=NCCS2)nc1. The molecule has 0 radical (unpaired) electrons. The van der Waals surface area contributed by atoms with Crippen molar-refractivity contribution in [2.24, 2.45) is 4.99 Å². The Morgan fingerprint density at radius 2 is 2.46 bits per heavy atom. The molecule has 0 saturated carbocycles. The van der Waals surface area contributed by atoms with Gasteiger partial charge in [-0.3, -0.25) is 9.98 Å². The van der Waals surface area contributed by atoms with Crippen molar-refractivity contribution in [2.45, 2.75) is 5.75 Å². The topological polar surface area (TPSA) is 25.2 Å². The molecule has 0 aromatic carbocycles. The summed E-state index contributed by atoms with van der Waals surface area (Å²) in [7, 11) is 0. The number of aromatic nitrogens is 1. The quantitative estimate of drug-likeness (QED) is 0.749. The highest BCUT2D eigenvalue weighted by Gasteiger charge is 2.07. The van der Waals surface area contributed by atoms with Gasteiger partial charge in [-0.15, -0.1) is 0 Å². The smallest absolute Gasteiger partial charge is 0.125 e. The molecule has 1 aliphatic heterocycles. The van der Waals surface area contributed by atoms with Crippen molar-refractivity contribution in [2.75, 3.05) is 12.3 Å². The lowest BCUT2D eigenvalue weighted by Gasteiger charge is -1.98. The molecule has 0 bridgehead atoms. The van der Waals surface area contributed by atoms with Gasteiger partial charge in [0.15, 0.2) is 0 Å². The molecule has 2 rings (SSSR count). The molecule has 13 heavy (non-hydrogen) atoms. The summed E-state index contributed by atoms with van der Waals surface area (Å²) in [5.41, 5.74) is 1.13. The predicted octanol–water partition coefficient (Wildman–Crippen LogP) is 2.42. The number of thioether (sulfide) groups is 2. The van der Waals surface area contributed by atoms with Gasteiger partial charge in [0.25, 0.3) is 0 Å². The van der Waals surface area contributed by atoms with E-state index in [-0.39, 0.29) is 0 Å². The number of rotatable bonds is 2. The molecule has 68 valence electrons. The van der Waals surface area contributed by atoms with Crippen molar-refractivity contribution >= 4 is 27.9 Å². The zero-order valence-electron chi connectivity index (χ0n) is 7.14. The highest BCUT2D eigenvalue weighted by atomic mass is 32.2. The van der Waals surface area contributed by atoms with Crippen LogP contribution in [0.3, 0.4) is 0 Å². The van der Waals surface area contributed by atoms with Crippen molar-refractivity contribution in [3.8, 4) is 0 Å². The van der Waals surface area contributed by atoms with Crippen LogP contribution in [0.5, 0.6) is 0 Å². The summed E-state index contributed by atoms with van der Waals surface area (Å²) < 4.78 is 1.21. The Kier molecular flexibility index (Phi) is 3.27. The van der Waals surface area contributed by atoms with Gasteiger partial charge in [-0.25, -0.2) is 0 Å². The first kappa shape index (κ1) is 9.09. The molecular formula is C9H10N2S2. The molecule has 0 amide bonds. The van der Waals surface area contributed by atoms with Crippen LogP contribution < -0.4 is 0 Å². The Labute approximate surface area is 86.2 Å². The molecule has 1 aromatic rings. The van der Waals surface area contributed by atoms with Crippen molar-refractivity contribution in [1.29, 1.82) is 0 Å². The van der Waals surface area contributed by atoms with Crippen molar-refractivity contribution in [3.05, 3.63) is 30.1 Å². The number of nitrogens with zero attached hydrogens (tertiary/aromatic N) is 2. The van der Waals surface area contributed by atoms with Crippen LogP contribution in [0.15, 0.2) is 29.4 Å². The van der Waals surface area contributed by atoms with Crippen LogP contribution in [0, 0.1) is 0 Å². The molecule has 0 spiro atoms. The number of pyridine rings is 1. The molecule has 0 atom stereocenters. The minimum atomic E-state index is 0.937. The summed E-state index contributed by atoms with van der Waals surface area (Å²) in [6.07, 6.45) is 1.83. The van der Waals surface area contributed by atoms with Gasteiger partial charge in [-0.05, 0) is 12.1 Å². The van der Waals surface area contributed by atoms with E-state index in [2.05, 4.69) is 9.98 Å². The number of hydrogen-bond donors (Lipinski definition) is 0. The molecule has 0 fully saturated rings. The zero-order chi connectivity index (χ0) is 8.93. The van der Waals surface area contributed by atoms with E-state index >= 15 is 0 Å². The van der Waals surface area contributed by atoms with Crippen LogP contribution in [0.2, 0.25) is 0 Å². The van der Waals surface area contributed by atoms with Gasteiger partial charge in [0.05, 0.1) is 12.2 Å². The van der Waals surface area contributed by atoms with Gasteiger partial charge in [0, 0.05) is 17.7 Å². The molecule has 4 heteroatoms. The molecular weight excluding hydrogens is 200 g/mol. The van der Waals surface area contributed by atoms with Gasteiger partial charge in [-0.2, -0.15) is 0 Å². The van der Waals surface area contributed by atoms with E-state index in [1.165, 1.54) is 4.38 Å². The second-order valence-corrected chi connectivity index (χ2v) is 4.91. The van der Waals surface area contributed by atoms with Crippen molar-refractivity contribution in [1.82, 2.24) is 4.98 Å². The summed E-state index contributed by atoms with van der Waals surface area (Å²) >= 11 is 3.63. The van der Waals surface area contributed by atoms with Crippen molar-refractivity contribution < 1.29 is 0 Å². The Hall–Kier alpha value is -0.480. The molecule has 0 N–H and O–H groups in total. The van der Waals surface area contributed by atoms with Gasteiger partial charge in [-0.1, -0.05) is 29.6 Å². The summed E-state index contributed by atoms with van der Waals surface area (Å²) in [6, 6.07) is 6.01. The summed E-state index contributed by atoms with van der Waals surface area (Å²) in [4.78, 5) is 8.62. The Morgan fingerprint density at radius 1 is 1.46 bits per heavy atom.